The Hall–Kier alpha value is -4.94. The first-order chi connectivity index (χ1) is 69.4. The second-order valence-corrected chi connectivity index (χ2v) is 46.7. The van der Waals surface area contributed by atoms with Gasteiger partial charge in [0.25, 0.3) is 0 Å². The third-order valence-corrected chi connectivity index (χ3v) is 27.6. The van der Waals surface area contributed by atoms with Gasteiger partial charge in [0.15, 0.2) is 46.6 Å². The number of hydrogen-bond donors (Lipinski definition) is 2. The summed E-state index contributed by atoms with van der Waals surface area (Å²) >= 11 is 26.6. The summed E-state index contributed by atoms with van der Waals surface area (Å²) < 4.78 is 51.3. The molecule has 7 aliphatic rings. The number of carboxylic acids is 1. The largest absolute Gasteiger partial charge is 1.00 e. The molecule has 0 amide bonds. The number of fused-ring (bicyclic) bond motifs is 3. The Labute approximate surface area is 1040 Å². The molecule has 42 heteroatoms. The van der Waals surface area contributed by atoms with E-state index in [0.29, 0.717) is 82.3 Å². The predicted octanol–water partition coefficient (Wildman–Crippen LogP) is 22.6. The molecule has 7 aromatic carbocycles. The van der Waals surface area contributed by atoms with E-state index in [1.54, 1.807) is 81.4 Å². The number of rotatable bonds is 20. The smallest absolute Gasteiger partial charge is 1.00 e. The summed E-state index contributed by atoms with van der Waals surface area (Å²) in [5.74, 6) is 0.772. The Morgan fingerprint density at radius 1 is 0.447 bits per heavy atom. The van der Waals surface area contributed by atoms with Crippen LogP contribution >= 0.6 is 153 Å². The zero-order chi connectivity index (χ0) is 107. The van der Waals surface area contributed by atoms with Crippen LogP contribution in [-0.2, 0) is 69.6 Å². The van der Waals surface area contributed by atoms with Crippen LogP contribution in [-0.4, -0.2) is 124 Å². The fraction of sp³-hybridized carbons (Fsp3) is 0.435. The first kappa shape index (κ1) is 145. The van der Waals surface area contributed by atoms with Gasteiger partial charge in [-0.15, -0.1) is 0 Å². The predicted molar refractivity (Wildman–Crippen MR) is 591 cm³/mol. The van der Waals surface area contributed by atoms with Crippen molar-refractivity contribution in [1.29, 1.82) is 5.26 Å². The van der Waals surface area contributed by atoms with E-state index in [-0.39, 0.29) is 184 Å². The van der Waals surface area contributed by atoms with E-state index in [1.807, 2.05) is 73.2 Å². The van der Waals surface area contributed by atoms with Crippen LogP contribution in [0.25, 0.3) is 42.6 Å². The summed E-state index contributed by atoms with van der Waals surface area (Å²) in [5, 5.41) is 37.4. The quantitative estimate of drug-likeness (QED) is 0.0105. The maximum absolute atomic E-state index is 12.5. The van der Waals surface area contributed by atoms with Crippen LogP contribution in [0.5, 0.6) is 23.0 Å². The minimum absolute atomic E-state index is 0. The van der Waals surface area contributed by atoms with Gasteiger partial charge in [0.2, 0.25) is 5.24 Å². The topological polar surface area (TPSA) is 392 Å². The molecule has 150 heavy (non-hydrogen) atoms. The molecule has 0 bridgehead atoms. The Kier molecular flexibility index (Phi) is 78.9. The molecule has 7 saturated carbocycles. The van der Waals surface area contributed by atoms with Crippen molar-refractivity contribution in [2.75, 3.05) is 38.4 Å². The van der Waals surface area contributed by atoms with Gasteiger partial charge < -0.3 is 80.5 Å². The molecule has 3 heterocycles. The molecule has 17 rings (SSSR count). The average molecular weight is 2690 g/mol. The van der Waals surface area contributed by atoms with Gasteiger partial charge in [0.1, 0.15) is 45.1 Å². The second kappa shape index (κ2) is 81.6. The summed E-state index contributed by atoms with van der Waals surface area (Å²) in [7, 11) is 14.8. The van der Waals surface area contributed by atoms with Gasteiger partial charge in [-0.2, -0.15) is 0 Å². The maximum atomic E-state index is 12.5. The van der Waals surface area contributed by atoms with Gasteiger partial charge in [-0.05, 0) is 266 Å². The standard InChI is InChI=1S/2C16H19BrO4.C14H12BrNO.C14H13NO.C13H13BrO.C12H13BrO2.C6H5BrO.C6H9ClO.C4H7BrO2.C4H6O3.C2H4O2.CN.Al.3ClH.Cu.3Na.H2O.H/c2*1-2-20-15(18)10-21-14-9-12(17)7-8-13(14)16(19)11-5-3-4-6-11;1-16-10-6-7-11-12(8-10)17-14(15)13(11)9-4-2-3-5-9;1-15-11-6-7-12-13(9-16-14(12)8-11)10-4-2-3-5-10;14-10-5-6-11-12(8-15-13(11)7-10)9-3-1-2-4-9;13-9-5-6-10(11(14)7-9)12(15)8-3-1-2-4-8;7-5-2-1-3-6(8)4-5;7-6(8)5-3-1-2-4-5;1-2-7-4(6)3-5;1-3(5)7-4(2)6;1-2(3)4;1-2;;;;;;;;;;/h2*7-9,11H,2-6,10H2,1H3;6-9H,2-5H2;6-10H,2-5H2;5-9H,1-4H2;5-8,14H,1-4H2;1-4,8H;5H,1-4H2;2-3H2,1H3;1-2H3;1H3,(H,3,4);;;3*1H;;;;;1H2;/q;;;;;;;;;;;-1;+3;;;;4*+1;;-1/p-5. The molecule has 7 fully saturated rings. The molecule has 0 atom stereocenters. The van der Waals surface area contributed by atoms with Crippen molar-refractivity contribution in [3.05, 3.63) is 236 Å². The first-order valence-corrected chi connectivity index (χ1v) is 59.2. The van der Waals surface area contributed by atoms with Crippen molar-refractivity contribution >= 4 is 267 Å². The summed E-state index contributed by atoms with van der Waals surface area (Å²) in [4.78, 5) is 116. The molecule has 0 unspecified atom stereocenters. The fourth-order valence-corrected chi connectivity index (χ4v) is 20.1. The van der Waals surface area contributed by atoms with E-state index < -0.39 is 41.2 Å². The zero-order valence-corrected chi connectivity index (χ0v) is 108. The Bertz CT molecular complexity index is 5830. The van der Waals surface area contributed by atoms with E-state index in [4.69, 9.17) is 114 Å². The van der Waals surface area contributed by atoms with Crippen molar-refractivity contribution in [2.24, 2.45) is 23.7 Å². The molecule has 0 radical (unpaired) electrons. The summed E-state index contributed by atoms with van der Waals surface area (Å²) in [5.41, 5.74) is 9.59. The zero-order valence-electron chi connectivity index (χ0n) is 86.3. The number of furan rings is 3. The fourth-order valence-electron chi connectivity index (χ4n) is 17.3. The van der Waals surface area contributed by atoms with Crippen molar-refractivity contribution < 1.29 is 218 Å². The molecule has 0 spiro atoms. The number of alkyl halides is 1. The van der Waals surface area contributed by atoms with Crippen LogP contribution in [0.1, 0.15) is 288 Å². The number of carboxylic acid groups (broad SMARTS) is 1. The number of Topliss-reactive ketones (excluding diaryl/α,β-unsaturated/α-hetero) is 3. The Morgan fingerprint density at radius 3 is 1.10 bits per heavy atom. The third kappa shape index (κ3) is 54.1. The molecule has 10 aromatic rings. The van der Waals surface area contributed by atoms with Gasteiger partial charge in [-0.3, -0.25) is 33.6 Å². The van der Waals surface area contributed by atoms with E-state index in [2.05, 4.69) is 143 Å². The monoisotopic (exact) mass is 2680 g/mol. The number of carbonyl (C=O) groups is 10. The van der Waals surface area contributed by atoms with E-state index >= 15 is 0 Å². The average Bonchev–Trinajstić information content (AvgIpc) is 1.65. The normalized spacial score (nSPS) is 14.0. The Morgan fingerprint density at radius 2 is 0.767 bits per heavy atom. The van der Waals surface area contributed by atoms with Gasteiger partial charge in [-0.1, -0.05) is 216 Å². The number of halogens is 11. The van der Waals surface area contributed by atoms with Crippen LogP contribution in [0.4, 0.5) is 11.4 Å². The van der Waals surface area contributed by atoms with Crippen LogP contribution in [0, 0.1) is 48.6 Å². The first-order valence-electron chi connectivity index (χ1n) is 47.7. The van der Waals surface area contributed by atoms with Crippen molar-refractivity contribution in [3.8, 4) is 23.0 Å². The van der Waals surface area contributed by atoms with Crippen LogP contribution < -0.4 is 103 Å². The molecule has 7 aliphatic carbocycles. The second-order valence-electron chi connectivity index (χ2n) is 34.0. The molecule has 26 nitrogen and oxygen atoms in total. The molecule has 0 saturated heterocycles. The molecule has 3 aromatic heterocycles. The van der Waals surface area contributed by atoms with Gasteiger partial charge in [-0.25, -0.2) is 49.4 Å². The SMILES string of the molecule is Brc1ccc2c(C3CCCC3)coc2c1.CC(=O)OC(C)=O.CC(=O)[O-].CCOC(=O)CBr.CCOC(=O)COc1cc(Br)ccc1C(=O)C1CCCC1.CCOC(=O)COc1cc(Br)ccc1C(=O)C1CCCC1.O=C(Cl)C1CCCC1.O=C(c1ccc(Br)cc1O)C1CCCC1.Oc1cccc(Br)c1.[C-]#N.[C-]#[N+]c1ccc2c(C3CCCC3)c(Br)oc2c1.[C-]#[N+]c1ccc2c(C3CCCC3)coc2c1.[Cl][Al]([Cl])[Cl].[Cu+].[H-].[Na+].[Na+].[Na+].[OH-]. The molecular formula is C108H121AlBr7Cl4CuN3Na3O23. The number of ketones is 3. The van der Waals surface area contributed by atoms with E-state index in [1.165, 1.54) is 131 Å². The number of nitrogens with zero attached hydrogens (tertiary/aromatic N) is 3. The van der Waals surface area contributed by atoms with E-state index in [9.17, 15) is 48.3 Å². The number of aromatic hydroxyl groups is 2. The number of phenols is 2. The maximum Gasteiger partial charge on any atom is 1.00 e. The van der Waals surface area contributed by atoms with E-state index in [0.717, 1.165) is 152 Å². The number of aliphatic carboxylic acids is 1. The molecule has 800 valence electrons. The van der Waals surface area contributed by atoms with Gasteiger partial charge in [0, 0.05) is 98.7 Å². The molecule has 0 aliphatic heterocycles. The van der Waals surface area contributed by atoms with Crippen LogP contribution in [0.3, 0.4) is 0 Å². The van der Waals surface area contributed by atoms with Crippen molar-refractivity contribution in [2.45, 2.75) is 239 Å². The summed E-state index contributed by atoms with van der Waals surface area (Å²) in [6.45, 7) is 28.1. The number of benzene rings is 7. The summed E-state index contributed by atoms with van der Waals surface area (Å²) in [6, 6.07) is 40.3. The van der Waals surface area contributed by atoms with Crippen LogP contribution in [0.15, 0.2) is 186 Å². The molecular weight excluding hydrogens is 2570 g/mol. The Balaban J connectivity index is 0. The number of phenolic OH excluding ortho intramolecular Hbond substituents is 2. The molecule has 3 N–H and O–H groups in total. The minimum atomic E-state index is -1.72. The number of carbonyl (C=O) groups excluding carboxylic acids is 10. The number of hydrogen-bond acceptors (Lipinski definition) is 24. The van der Waals surface area contributed by atoms with Crippen molar-refractivity contribution in [3.63, 3.8) is 0 Å². The number of ether oxygens (including phenoxy) is 6. The number of esters is 5. The van der Waals surface area contributed by atoms with Gasteiger partial charge in [0.05, 0.1) is 62.2 Å². The minimum Gasteiger partial charge on any atom is -1.00 e. The van der Waals surface area contributed by atoms with Gasteiger partial charge >= 0.3 is 147 Å². The summed E-state index contributed by atoms with van der Waals surface area (Å²) in [6.07, 6.45) is 36.3. The third-order valence-electron chi connectivity index (χ3n) is 23.7. The van der Waals surface area contributed by atoms with Crippen LogP contribution in [0.2, 0.25) is 0 Å². The van der Waals surface area contributed by atoms with Crippen molar-refractivity contribution in [1.82, 2.24) is 0 Å².